The number of hydrogen-bond acceptors (Lipinski definition) is 3. The summed E-state index contributed by atoms with van der Waals surface area (Å²) in [6.45, 7) is 4.45. The Morgan fingerprint density at radius 1 is 1.33 bits per heavy atom. The summed E-state index contributed by atoms with van der Waals surface area (Å²) < 4.78 is 0. The van der Waals surface area contributed by atoms with E-state index in [-0.39, 0.29) is 6.42 Å². The number of carbonyl (C=O) groups is 2. The van der Waals surface area contributed by atoms with Gasteiger partial charge in [-0.1, -0.05) is 13.8 Å². The third-order valence-corrected chi connectivity index (χ3v) is 2.87. The SMILES string of the molecule is CCC(CC(C)C(C)(O)C(=O)O)C(=O)O. The Morgan fingerprint density at radius 2 is 1.80 bits per heavy atom. The summed E-state index contributed by atoms with van der Waals surface area (Å²) in [7, 11) is 0. The monoisotopic (exact) mass is 218 g/mol. The smallest absolute Gasteiger partial charge is 0.335 e. The molecule has 3 unspecified atom stereocenters. The molecule has 0 aliphatic heterocycles. The van der Waals surface area contributed by atoms with Crippen LogP contribution in [0.15, 0.2) is 0 Å². The molecule has 0 aromatic carbocycles. The molecule has 0 heterocycles. The molecule has 0 aliphatic carbocycles. The summed E-state index contributed by atoms with van der Waals surface area (Å²) in [6.07, 6.45) is 0.584. The van der Waals surface area contributed by atoms with Gasteiger partial charge in [0.15, 0.2) is 5.60 Å². The molecule has 0 amide bonds. The molecule has 0 spiro atoms. The van der Waals surface area contributed by atoms with Crippen LogP contribution in [0, 0.1) is 11.8 Å². The summed E-state index contributed by atoms with van der Waals surface area (Å²) in [5.41, 5.74) is -1.87. The lowest BCUT2D eigenvalue weighted by Crippen LogP contribution is -2.42. The van der Waals surface area contributed by atoms with Crippen LogP contribution in [0.2, 0.25) is 0 Å². The molecule has 88 valence electrons. The highest BCUT2D eigenvalue weighted by atomic mass is 16.4. The van der Waals surface area contributed by atoms with Crippen molar-refractivity contribution in [2.75, 3.05) is 0 Å². The van der Waals surface area contributed by atoms with Crippen molar-refractivity contribution in [3.63, 3.8) is 0 Å². The Labute approximate surface area is 88.7 Å². The van der Waals surface area contributed by atoms with Crippen molar-refractivity contribution in [2.24, 2.45) is 11.8 Å². The molecule has 0 bridgehead atoms. The van der Waals surface area contributed by atoms with Crippen LogP contribution in [0.3, 0.4) is 0 Å². The molecule has 3 N–H and O–H groups in total. The summed E-state index contributed by atoms with van der Waals surface area (Å²) >= 11 is 0. The van der Waals surface area contributed by atoms with Gasteiger partial charge in [-0.25, -0.2) is 4.79 Å². The van der Waals surface area contributed by atoms with Crippen LogP contribution in [0.4, 0.5) is 0 Å². The fourth-order valence-corrected chi connectivity index (χ4v) is 1.31. The van der Waals surface area contributed by atoms with E-state index in [2.05, 4.69) is 0 Å². The first-order chi connectivity index (χ1) is 6.73. The van der Waals surface area contributed by atoms with Gasteiger partial charge in [-0.05, 0) is 25.7 Å². The van der Waals surface area contributed by atoms with Gasteiger partial charge in [-0.15, -0.1) is 0 Å². The molecule has 15 heavy (non-hydrogen) atoms. The summed E-state index contributed by atoms with van der Waals surface area (Å²) in [6, 6.07) is 0. The topological polar surface area (TPSA) is 94.8 Å². The van der Waals surface area contributed by atoms with Crippen LogP contribution in [-0.4, -0.2) is 32.9 Å². The zero-order chi connectivity index (χ0) is 12.2. The quantitative estimate of drug-likeness (QED) is 0.617. The lowest BCUT2D eigenvalue weighted by molar-refractivity contribution is -0.163. The van der Waals surface area contributed by atoms with Gasteiger partial charge in [0.25, 0.3) is 0 Å². The van der Waals surface area contributed by atoms with E-state index in [4.69, 9.17) is 10.2 Å². The van der Waals surface area contributed by atoms with Gasteiger partial charge in [-0.3, -0.25) is 4.79 Å². The normalized spacial score (nSPS) is 18.9. The van der Waals surface area contributed by atoms with Crippen LogP contribution < -0.4 is 0 Å². The van der Waals surface area contributed by atoms with Gasteiger partial charge in [-0.2, -0.15) is 0 Å². The highest BCUT2D eigenvalue weighted by molar-refractivity contribution is 5.77. The Hall–Kier alpha value is -1.10. The van der Waals surface area contributed by atoms with Crippen molar-refractivity contribution in [1.82, 2.24) is 0 Å². The number of rotatable bonds is 6. The van der Waals surface area contributed by atoms with Crippen molar-refractivity contribution < 1.29 is 24.9 Å². The van der Waals surface area contributed by atoms with Crippen LogP contribution >= 0.6 is 0 Å². The number of carboxylic acid groups (broad SMARTS) is 2. The molecule has 0 aromatic rings. The number of hydrogen-bond donors (Lipinski definition) is 3. The minimum absolute atomic E-state index is 0.158. The largest absolute Gasteiger partial charge is 0.481 e. The van der Waals surface area contributed by atoms with E-state index < -0.39 is 29.4 Å². The highest BCUT2D eigenvalue weighted by Crippen LogP contribution is 2.25. The Bertz CT molecular complexity index is 246. The van der Waals surface area contributed by atoms with Gasteiger partial charge in [0.2, 0.25) is 0 Å². The fourth-order valence-electron chi connectivity index (χ4n) is 1.31. The second kappa shape index (κ2) is 5.11. The average molecular weight is 218 g/mol. The van der Waals surface area contributed by atoms with E-state index in [0.717, 1.165) is 0 Å². The van der Waals surface area contributed by atoms with Crippen molar-refractivity contribution in [2.45, 2.75) is 39.2 Å². The predicted molar refractivity (Wildman–Crippen MR) is 53.5 cm³/mol. The Kier molecular flexibility index (Phi) is 4.74. The van der Waals surface area contributed by atoms with E-state index in [1.165, 1.54) is 6.92 Å². The second-order valence-corrected chi connectivity index (χ2v) is 4.03. The third kappa shape index (κ3) is 3.51. The molecular formula is C10H18O5. The lowest BCUT2D eigenvalue weighted by Gasteiger charge is -2.27. The van der Waals surface area contributed by atoms with Gasteiger partial charge < -0.3 is 15.3 Å². The van der Waals surface area contributed by atoms with E-state index in [1.54, 1.807) is 13.8 Å². The lowest BCUT2D eigenvalue weighted by atomic mass is 9.82. The number of aliphatic carboxylic acids is 2. The molecule has 0 saturated carbocycles. The molecule has 3 atom stereocenters. The van der Waals surface area contributed by atoms with Crippen molar-refractivity contribution in [3.8, 4) is 0 Å². The van der Waals surface area contributed by atoms with E-state index >= 15 is 0 Å². The minimum atomic E-state index is -1.87. The van der Waals surface area contributed by atoms with Crippen LogP contribution in [0.1, 0.15) is 33.6 Å². The molecule has 5 nitrogen and oxygen atoms in total. The zero-order valence-corrected chi connectivity index (χ0v) is 9.23. The standard InChI is InChI=1S/C10H18O5/c1-4-7(8(11)12)5-6(2)10(3,15)9(13)14/h6-7,15H,4-5H2,1-3H3,(H,11,12)(H,13,14). The van der Waals surface area contributed by atoms with Crippen LogP contribution in [-0.2, 0) is 9.59 Å². The maximum atomic E-state index is 10.7. The number of aliphatic hydroxyl groups is 1. The maximum Gasteiger partial charge on any atom is 0.335 e. The van der Waals surface area contributed by atoms with Crippen molar-refractivity contribution >= 4 is 11.9 Å². The first-order valence-electron chi connectivity index (χ1n) is 4.92. The highest BCUT2D eigenvalue weighted by Gasteiger charge is 2.38. The van der Waals surface area contributed by atoms with Crippen molar-refractivity contribution in [3.05, 3.63) is 0 Å². The van der Waals surface area contributed by atoms with E-state index in [0.29, 0.717) is 6.42 Å². The minimum Gasteiger partial charge on any atom is -0.481 e. The fraction of sp³-hybridized carbons (Fsp3) is 0.800. The molecule has 0 rings (SSSR count). The molecule has 0 fully saturated rings. The zero-order valence-electron chi connectivity index (χ0n) is 9.23. The first kappa shape index (κ1) is 13.9. The summed E-state index contributed by atoms with van der Waals surface area (Å²) in [5.74, 6) is -3.48. The van der Waals surface area contributed by atoms with Crippen LogP contribution in [0.25, 0.3) is 0 Å². The van der Waals surface area contributed by atoms with E-state index in [9.17, 15) is 14.7 Å². The van der Waals surface area contributed by atoms with Crippen molar-refractivity contribution in [1.29, 1.82) is 0 Å². The maximum absolute atomic E-state index is 10.7. The second-order valence-electron chi connectivity index (χ2n) is 4.03. The van der Waals surface area contributed by atoms with Gasteiger partial charge in [0.05, 0.1) is 5.92 Å². The molecule has 0 saturated heterocycles. The van der Waals surface area contributed by atoms with Gasteiger partial charge in [0, 0.05) is 0 Å². The summed E-state index contributed by atoms with van der Waals surface area (Å²) in [5, 5.41) is 27.1. The molecule has 0 radical (unpaired) electrons. The average Bonchev–Trinajstić information content (AvgIpc) is 2.12. The predicted octanol–water partition coefficient (Wildman–Crippen LogP) is 0.959. The van der Waals surface area contributed by atoms with Gasteiger partial charge in [0.1, 0.15) is 0 Å². The Morgan fingerprint density at radius 3 is 2.07 bits per heavy atom. The molecule has 5 heteroatoms. The number of carboxylic acids is 2. The first-order valence-corrected chi connectivity index (χ1v) is 4.92. The third-order valence-electron chi connectivity index (χ3n) is 2.87. The van der Waals surface area contributed by atoms with E-state index in [1.807, 2.05) is 0 Å². The molecular weight excluding hydrogens is 200 g/mol. The van der Waals surface area contributed by atoms with Crippen LogP contribution in [0.5, 0.6) is 0 Å². The molecule has 0 aromatic heterocycles. The summed E-state index contributed by atoms with van der Waals surface area (Å²) in [4.78, 5) is 21.4. The Balaban J connectivity index is 4.53. The van der Waals surface area contributed by atoms with Gasteiger partial charge >= 0.3 is 11.9 Å². The molecule has 0 aliphatic rings.